The number of fused-ring (bicyclic) bond motifs is 3. The largest absolute Gasteiger partial charge is 0.378 e. The SMILES string of the molecule is Cc1ccc(NS(=O)(=O)c2ccc3c(c2)[C@@H]2C=CC[C@@H]2[C@@H](c2ccccc2Br)N3)cc1C. The monoisotopic (exact) mass is 508 g/mol. The minimum Gasteiger partial charge on any atom is -0.378 e. The lowest BCUT2D eigenvalue weighted by Crippen LogP contribution is -2.29. The summed E-state index contributed by atoms with van der Waals surface area (Å²) < 4.78 is 30.1. The molecule has 164 valence electrons. The fourth-order valence-electron chi connectivity index (χ4n) is 4.79. The Balaban J connectivity index is 1.49. The van der Waals surface area contributed by atoms with Crippen LogP contribution in [-0.4, -0.2) is 8.42 Å². The van der Waals surface area contributed by atoms with E-state index in [4.69, 9.17) is 0 Å². The van der Waals surface area contributed by atoms with E-state index < -0.39 is 10.0 Å². The summed E-state index contributed by atoms with van der Waals surface area (Å²) in [5, 5.41) is 3.68. The lowest BCUT2D eigenvalue weighted by atomic mass is 9.77. The zero-order valence-electron chi connectivity index (χ0n) is 18.0. The number of hydrogen-bond donors (Lipinski definition) is 2. The number of sulfonamides is 1. The van der Waals surface area contributed by atoms with Gasteiger partial charge in [-0.3, -0.25) is 4.72 Å². The Morgan fingerprint density at radius 3 is 2.56 bits per heavy atom. The van der Waals surface area contributed by atoms with Crippen LogP contribution in [-0.2, 0) is 10.0 Å². The summed E-state index contributed by atoms with van der Waals surface area (Å²) in [6.07, 6.45) is 5.40. The van der Waals surface area contributed by atoms with Gasteiger partial charge in [0, 0.05) is 21.8 Å². The molecule has 32 heavy (non-hydrogen) atoms. The highest BCUT2D eigenvalue weighted by Gasteiger charge is 2.39. The molecule has 0 radical (unpaired) electrons. The molecule has 0 aromatic heterocycles. The normalized spacial score (nSPS) is 21.5. The maximum absolute atomic E-state index is 13.2. The molecule has 0 saturated carbocycles. The predicted octanol–water partition coefficient (Wildman–Crippen LogP) is 6.69. The molecule has 0 spiro atoms. The molecule has 6 heteroatoms. The first kappa shape index (κ1) is 21.3. The zero-order chi connectivity index (χ0) is 22.5. The topological polar surface area (TPSA) is 58.2 Å². The van der Waals surface area contributed by atoms with Gasteiger partial charge in [-0.25, -0.2) is 8.42 Å². The standard InChI is InChI=1S/C26H25BrN2O2S/c1-16-10-11-18(14-17(16)2)29-32(30,31)19-12-13-25-23(15-19)20-7-5-8-21(20)26(28-25)22-6-3-4-9-24(22)27/h3-7,9-15,20-21,26,28-29H,8H2,1-2H3/t20-,21+,26+/m1/s1. The Bertz CT molecular complexity index is 1330. The average molecular weight is 509 g/mol. The summed E-state index contributed by atoms with van der Waals surface area (Å²) in [7, 11) is -3.69. The first-order valence-corrected chi connectivity index (χ1v) is 13.0. The van der Waals surface area contributed by atoms with Gasteiger partial charge in [0.2, 0.25) is 0 Å². The molecule has 3 aromatic carbocycles. The van der Waals surface area contributed by atoms with Crippen LogP contribution < -0.4 is 10.0 Å². The predicted molar refractivity (Wildman–Crippen MR) is 134 cm³/mol. The zero-order valence-corrected chi connectivity index (χ0v) is 20.4. The molecule has 2 aliphatic rings. The van der Waals surface area contributed by atoms with E-state index >= 15 is 0 Å². The lowest BCUT2D eigenvalue weighted by molar-refractivity contribution is 0.424. The lowest BCUT2D eigenvalue weighted by Gasteiger charge is -2.38. The molecule has 0 bridgehead atoms. The maximum Gasteiger partial charge on any atom is 0.261 e. The molecule has 3 atom stereocenters. The van der Waals surface area contributed by atoms with E-state index in [0.29, 0.717) is 11.6 Å². The summed E-state index contributed by atoms with van der Waals surface area (Å²) in [5.74, 6) is 0.520. The summed E-state index contributed by atoms with van der Waals surface area (Å²) >= 11 is 3.70. The number of aryl methyl sites for hydroxylation is 2. The number of allylic oxidation sites excluding steroid dienone is 2. The van der Waals surface area contributed by atoms with Crippen molar-refractivity contribution in [2.24, 2.45) is 5.92 Å². The number of nitrogens with one attached hydrogen (secondary N) is 2. The van der Waals surface area contributed by atoms with Crippen LogP contribution in [0.25, 0.3) is 0 Å². The van der Waals surface area contributed by atoms with Crippen LogP contribution in [0.2, 0.25) is 0 Å². The Morgan fingerprint density at radius 1 is 0.969 bits per heavy atom. The van der Waals surface area contributed by atoms with Crippen LogP contribution in [0, 0.1) is 19.8 Å². The van der Waals surface area contributed by atoms with E-state index in [1.54, 1.807) is 12.1 Å². The third-order valence-corrected chi connectivity index (χ3v) is 8.75. The van der Waals surface area contributed by atoms with Gasteiger partial charge < -0.3 is 5.32 Å². The number of rotatable bonds is 4. The Labute approximate surface area is 197 Å². The van der Waals surface area contributed by atoms with Crippen molar-refractivity contribution in [2.45, 2.75) is 37.1 Å². The smallest absolute Gasteiger partial charge is 0.261 e. The number of halogens is 1. The van der Waals surface area contributed by atoms with Crippen LogP contribution >= 0.6 is 15.9 Å². The van der Waals surface area contributed by atoms with Crippen LogP contribution in [0.1, 0.15) is 40.6 Å². The maximum atomic E-state index is 13.2. The number of hydrogen-bond acceptors (Lipinski definition) is 3. The second-order valence-electron chi connectivity index (χ2n) is 8.65. The third kappa shape index (κ3) is 3.76. The Morgan fingerprint density at radius 2 is 1.78 bits per heavy atom. The second kappa shape index (κ2) is 8.09. The third-order valence-electron chi connectivity index (χ3n) is 6.64. The molecule has 4 nitrogen and oxygen atoms in total. The summed E-state index contributed by atoms with van der Waals surface area (Å²) in [6.45, 7) is 3.99. The van der Waals surface area contributed by atoms with E-state index in [1.165, 1.54) is 5.56 Å². The van der Waals surface area contributed by atoms with Crippen molar-refractivity contribution >= 4 is 37.3 Å². The molecule has 0 fully saturated rings. The molecular formula is C26H25BrN2O2S. The number of anilines is 2. The van der Waals surface area contributed by atoms with Gasteiger partial charge >= 0.3 is 0 Å². The molecule has 2 N–H and O–H groups in total. The van der Waals surface area contributed by atoms with Crippen LogP contribution in [0.3, 0.4) is 0 Å². The highest BCUT2D eigenvalue weighted by Crippen LogP contribution is 2.51. The van der Waals surface area contributed by atoms with Crippen molar-refractivity contribution in [1.29, 1.82) is 0 Å². The number of benzene rings is 3. The molecule has 1 aliphatic heterocycles. The van der Waals surface area contributed by atoms with Gasteiger partial charge in [-0.1, -0.05) is 52.3 Å². The van der Waals surface area contributed by atoms with Crippen LogP contribution in [0.15, 0.2) is 82.2 Å². The first-order valence-electron chi connectivity index (χ1n) is 10.7. The van der Waals surface area contributed by atoms with Gasteiger partial charge in [-0.2, -0.15) is 0 Å². The van der Waals surface area contributed by atoms with E-state index in [1.807, 2.05) is 44.2 Å². The quantitative estimate of drug-likeness (QED) is 0.385. The summed E-state index contributed by atoms with van der Waals surface area (Å²) in [6, 6.07) is 19.5. The van der Waals surface area contributed by atoms with Gasteiger partial charge in [-0.15, -0.1) is 0 Å². The molecular weight excluding hydrogens is 484 g/mol. The molecule has 3 aromatic rings. The van der Waals surface area contributed by atoms with Gasteiger partial charge in [0.25, 0.3) is 10.0 Å². The van der Waals surface area contributed by atoms with Crippen molar-refractivity contribution in [3.63, 3.8) is 0 Å². The Kier molecular flexibility index (Phi) is 5.38. The molecule has 1 heterocycles. The molecule has 0 unspecified atom stereocenters. The van der Waals surface area contributed by atoms with Crippen LogP contribution in [0.5, 0.6) is 0 Å². The summed E-state index contributed by atoms with van der Waals surface area (Å²) in [4.78, 5) is 0.287. The summed E-state index contributed by atoms with van der Waals surface area (Å²) in [5.41, 5.74) is 6.02. The minimum absolute atomic E-state index is 0.161. The molecule has 5 rings (SSSR count). The van der Waals surface area contributed by atoms with Crippen molar-refractivity contribution in [3.05, 3.63) is 99.5 Å². The van der Waals surface area contributed by atoms with Crippen molar-refractivity contribution in [2.75, 3.05) is 10.0 Å². The van der Waals surface area contributed by atoms with Gasteiger partial charge in [-0.05, 0) is 84.8 Å². The fraction of sp³-hybridized carbons (Fsp3) is 0.231. The minimum atomic E-state index is -3.69. The highest BCUT2D eigenvalue weighted by atomic mass is 79.9. The van der Waals surface area contributed by atoms with E-state index in [-0.39, 0.29) is 16.9 Å². The van der Waals surface area contributed by atoms with Crippen molar-refractivity contribution < 1.29 is 8.42 Å². The van der Waals surface area contributed by atoms with Crippen molar-refractivity contribution in [1.82, 2.24) is 0 Å². The van der Waals surface area contributed by atoms with Gasteiger partial charge in [0.05, 0.1) is 10.9 Å². The fourth-order valence-corrected chi connectivity index (χ4v) is 6.41. The average Bonchev–Trinajstić information content (AvgIpc) is 3.26. The van der Waals surface area contributed by atoms with E-state index in [0.717, 1.165) is 33.3 Å². The Hall–Kier alpha value is -2.57. The van der Waals surface area contributed by atoms with Crippen molar-refractivity contribution in [3.8, 4) is 0 Å². The second-order valence-corrected chi connectivity index (χ2v) is 11.2. The van der Waals surface area contributed by atoms with Gasteiger partial charge in [0.15, 0.2) is 0 Å². The highest BCUT2D eigenvalue weighted by molar-refractivity contribution is 9.10. The molecule has 1 aliphatic carbocycles. The van der Waals surface area contributed by atoms with Crippen LogP contribution in [0.4, 0.5) is 11.4 Å². The molecule has 0 saturated heterocycles. The van der Waals surface area contributed by atoms with E-state index in [2.05, 4.69) is 56.3 Å². The molecule has 0 amide bonds. The van der Waals surface area contributed by atoms with Gasteiger partial charge in [0.1, 0.15) is 0 Å². The van der Waals surface area contributed by atoms with E-state index in [9.17, 15) is 8.42 Å². The first-order chi connectivity index (χ1) is 15.3.